The minimum atomic E-state index is -0.00496. The summed E-state index contributed by atoms with van der Waals surface area (Å²) in [5, 5.41) is 3.03. The van der Waals surface area contributed by atoms with Crippen molar-refractivity contribution in [2.24, 2.45) is 0 Å². The monoisotopic (exact) mass is 780 g/mol. The Morgan fingerprint density at radius 3 is 2.33 bits per heavy atom. The number of pyridine rings is 1. The van der Waals surface area contributed by atoms with Crippen LogP contribution in [0.5, 0.6) is 11.5 Å². The van der Waals surface area contributed by atoms with E-state index in [0.29, 0.717) is 11.5 Å². The molecule has 0 fully saturated rings. The van der Waals surface area contributed by atoms with E-state index in [1.54, 1.807) is 6.20 Å². The van der Waals surface area contributed by atoms with E-state index in [0.717, 1.165) is 55.6 Å². The standard InChI is InChI=1S/C39H31N5O.Pt/c1-24-9-8-10-25(2)36(24)38-42-32-16-14-27(22-31(32)37-41-19-20-43(37)38)45-28-13-15-30-29-11-6-7-12-33(29)44(34(30)23-28)35-21-26(17-18-40-35)39(3,4)5;/h6-21H,1-5H3;/q-2;+2. The molecule has 0 aliphatic heterocycles. The minimum Gasteiger partial charge on any atom is -0.503 e. The second kappa shape index (κ2) is 11.2. The normalized spacial score (nSPS) is 11.8. The van der Waals surface area contributed by atoms with E-state index in [4.69, 9.17) is 19.7 Å². The molecular weight excluding hydrogens is 750 g/mol. The van der Waals surface area contributed by atoms with E-state index in [1.165, 1.54) is 16.7 Å². The maximum atomic E-state index is 6.43. The first-order chi connectivity index (χ1) is 21.8. The van der Waals surface area contributed by atoms with Crippen molar-refractivity contribution < 1.29 is 25.8 Å². The first-order valence-electron chi connectivity index (χ1n) is 15.1. The molecule has 4 aromatic heterocycles. The Balaban J connectivity index is 0.00000338. The molecule has 4 heterocycles. The summed E-state index contributed by atoms with van der Waals surface area (Å²) in [4.78, 5) is 14.5. The molecular formula is C39H31N5OPt. The number of fused-ring (bicyclic) bond motifs is 6. The van der Waals surface area contributed by atoms with Crippen molar-refractivity contribution >= 4 is 38.4 Å². The fourth-order valence-corrected chi connectivity index (χ4v) is 6.26. The molecule has 8 aromatic rings. The number of rotatable bonds is 4. The summed E-state index contributed by atoms with van der Waals surface area (Å²) in [5.41, 5.74) is 8.24. The van der Waals surface area contributed by atoms with Gasteiger partial charge in [-0.2, -0.15) is 6.07 Å². The van der Waals surface area contributed by atoms with Crippen LogP contribution in [0.1, 0.15) is 37.5 Å². The van der Waals surface area contributed by atoms with Crippen LogP contribution in [0.25, 0.3) is 55.6 Å². The van der Waals surface area contributed by atoms with Gasteiger partial charge in [0, 0.05) is 41.2 Å². The largest absolute Gasteiger partial charge is 2.00 e. The number of aromatic nitrogens is 5. The summed E-state index contributed by atoms with van der Waals surface area (Å²) < 4.78 is 10.6. The molecule has 0 aliphatic rings. The predicted molar refractivity (Wildman–Crippen MR) is 180 cm³/mol. The quantitative estimate of drug-likeness (QED) is 0.167. The smallest absolute Gasteiger partial charge is 0.503 e. The minimum absolute atomic E-state index is 0. The van der Waals surface area contributed by atoms with E-state index < -0.39 is 0 Å². The molecule has 228 valence electrons. The molecule has 0 amide bonds. The van der Waals surface area contributed by atoms with E-state index in [9.17, 15) is 0 Å². The third-order valence-corrected chi connectivity index (χ3v) is 8.54. The fourth-order valence-electron chi connectivity index (χ4n) is 6.26. The van der Waals surface area contributed by atoms with Gasteiger partial charge in [-0.3, -0.25) is 9.97 Å². The van der Waals surface area contributed by atoms with E-state index in [-0.39, 0.29) is 26.5 Å². The third-order valence-electron chi connectivity index (χ3n) is 8.54. The van der Waals surface area contributed by atoms with E-state index >= 15 is 0 Å². The predicted octanol–water partition coefficient (Wildman–Crippen LogP) is 9.35. The maximum absolute atomic E-state index is 6.43. The van der Waals surface area contributed by atoms with Crippen molar-refractivity contribution in [3.05, 3.63) is 126 Å². The summed E-state index contributed by atoms with van der Waals surface area (Å²) in [6.07, 6.45) is 5.64. The van der Waals surface area contributed by atoms with Crippen molar-refractivity contribution in [2.75, 3.05) is 0 Å². The van der Waals surface area contributed by atoms with Gasteiger partial charge in [-0.25, -0.2) is 4.98 Å². The zero-order valence-corrected chi connectivity index (χ0v) is 28.5. The summed E-state index contributed by atoms with van der Waals surface area (Å²) in [6, 6.07) is 33.9. The van der Waals surface area contributed by atoms with Crippen LogP contribution in [-0.4, -0.2) is 23.9 Å². The van der Waals surface area contributed by atoms with Gasteiger partial charge in [-0.1, -0.05) is 80.2 Å². The second-order valence-corrected chi connectivity index (χ2v) is 12.6. The first-order valence-corrected chi connectivity index (χ1v) is 15.1. The molecule has 0 bridgehead atoms. The Labute approximate surface area is 282 Å². The molecule has 6 nitrogen and oxygen atoms in total. The van der Waals surface area contributed by atoms with Crippen molar-refractivity contribution in [1.29, 1.82) is 0 Å². The van der Waals surface area contributed by atoms with Gasteiger partial charge in [0.15, 0.2) is 0 Å². The van der Waals surface area contributed by atoms with Gasteiger partial charge < -0.3 is 13.7 Å². The van der Waals surface area contributed by atoms with Crippen LogP contribution in [0.4, 0.5) is 0 Å². The van der Waals surface area contributed by atoms with E-state index in [2.05, 4.69) is 112 Å². The number of hydrogen-bond acceptors (Lipinski definition) is 4. The molecule has 0 atom stereocenters. The molecule has 0 aliphatic carbocycles. The van der Waals surface area contributed by atoms with Crippen LogP contribution in [0.2, 0.25) is 0 Å². The Bertz CT molecular complexity index is 2410. The number of imidazole rings is 1. The molecule has 4 aromatic carbocycles. The molecule has 0 unspecified atom stereocenters. The van der Waals surface area contributed by atoms with Crippen LogP contribution in [0.15, 0.2) is 97.5 Å². The number of aryl methyl sites for hydroxylation is 2. The van der Waals surface area contributed by atoms with Gasteiger partial charge in [0.25, 0.3) is 0 Å². The Hall–Kier alpha value is -4.80. The number of hydrogen-bond donors (Lipinski definition) is 0. The maximum Gasteiger partial charge on any atom is 2.00 e. The number of ether oxygens (including phenoxy) is 1. The van der Waals surface area contributed by atoms with Crippen LogP contribution < -0.4 is 4.74 Å². The van der Waals surface area contributed by atoms with Crippen molar-refractivity contribution in [1.82, 2.24) is 23.9 Å². The fraction of sp³-hybridized carbons (Fsp3) is 0.154. The summed E-state index contributed by atoms with van der Waals surface area (Å²) in [5.74, 6) is 2.88. The van der Waals surface area contributed by atoms with Crippen LogP contribution >= 0.6 is 0 Å². The molecule has 8 rings (SSSR count). The van der Waals surface area contributed by atoms with Gasteiger partial charge in [-0.05, 0) is 65.1 Å². The van der Waals surface area contributed by atoms with Crippen molar-refractivity contribution in [2.45, 2.75) is 40.0 Å². The molecule has 0 N–H and O–H groups in total. The SMILES string of the molecule is Cc1cccc(C)c1-c1nc2ccc(Oc3[c-]c4c(cc3)c3ccccc3n4-c3cc(C(C)(C)C)ccn3)[c-]c2c2nccn12.[Pt+2]. The average molecular weight is 781 g/mol. The van der Waals surface area contributed by atoms with Gasteiger partial charge in [0.1, 0.15) is 11.6 Å². The molecule has 0 radical (unpaired) electrons. The molecule has 0 spiro atoms. The Morgan fingerprint density at radius 1 is 0.761 bits per heavy atom. The summed E-state index contributed by atoms with van der Waals surface area (Å²) >= 11 is 0. The van der Waals surface area contributed by atoms with Gasteiger partial charge >= 0.3 is 21.1 Å². The number of nitrogens with zero attached hydrogens (tertiary/aromatic N) is 5. The first kappa shape index (κ1) is 29.9. The summed E-state index contributed by atoms with van der Waals surface area (Å²) in [7, 11) is 0. The van der Waals surface area contributed by atoms with E-state index in [1.807, 2.05) is 35.0 Å². The van der Waals surface area contributed by atoms with Crippen LogP contribution in [0.3, 0.4) is 0 Å². The topological polar surface area (TPSA) is 57.2 Å². The molecule has 0 saturated heterocycles. The third kappa shape index (κ3) is 4.89. The van der Waals surface area contributed by atoms with Crippen LogP contribution in [0, 0.1) is 26.0 Å². The molecule has 7 heteroatoms. The van der Waals surface area contributed by atoms with Crippen LogP contribution in [-0.2, 0) is 26.5 Å². The van der Waals surface area contributed by atoms with Gasteiger partial charge in [0.05, 0.1) is 5.65 Å². The number of para-hydroxylation sites is 1. The van der Waals surface area contributed by atoms with Crippen molar-refractivity contribution in [3.8, 4) is 28.7 Å². The zero-order valence-electron chi connectivity index (χ0n) is 26.2. The number of benzene rings is 4. The van der Waals surface area contributed by atoms with Gasteiger partial charge in [-0.15, -0.1) is 23.6 Å². The Morgan fingerprint density at radius 2 is 1.52 bits per heavy atom. The van der Waals surface area contributed by atoms with Crippen molar-refractivity contribution in [3.63, 3.8) is 0 Å². The zero-order chi connectivity index (χ0) is 30.9. The molecule has 0 saturated carbocycles. The Kier molecular flexibility index (Phi) is 7.29. The summed E-state index contributed by atoms with van der Waals surface area (Å²) in [6.45, 7) is 10.9. The second-order valence-electron chi connectivity index (χ2n) is 12.6. The molecule has 46 heavy (non-hydrogen) atoms. The average Bonchev–Trinajstić information content (AvgIpc) is 3.64. The van der Waals surface area contributed by atoms with Gasteiger partial charge in [0.2, 0.25) is 0 Å².